The van der Waals surface area contributed by atoms with Gasteiger partial charge in [0.25, 0.3) is 0 Å². The Bertz CT molecular complexity index is 425. The molecule has 6 heteroatoms. The number of rotatable bonds is 5. The summed E-state index contributed by atoms with van der Waals surface area (Å²) >= 11 is 7.20. The smallest absolute Gasteiger partial charge is 0.327 e. The van der Waals surface area contributed by atoms with E-state index in [0.29, 0.717) is 0 Å². The van der Waals surface area contributed by atoms with Crippen LogP contribution in [0.4, 0.5) is 0 Å². The summed E-state index contributed by atoms with van der Waals surface area (Å²) in [6.45, 7) is 0. The molecule has 1 unspecified atom stereocenters. The molecule has 1 aromatic rings. The molecule has 17 heavy (non-hydrogen) atoms. The van der Waals surface area contributed by atoms with Crippen molar-refractivity contribution in [2.75, 3.05) is 5.75 Å². The number of aliphatic carboxylic acids is 1. The van der Waals surface area contributed by atoms with Crippen LogP contribution in [0.5, 0.6) is 0 Å². The van der Waals surface area contributed by atoms with E-state index in [9.17, 15) is 9.59 Å². The molecule has 0 aromatic heterocycles. The van der Waals surface area contributed by atoms with Crippen LogP contribution in [0.2, 0.25) is 0 Å². The summed E-state index contributed by atoms with van der Waals surface area (Å²) in [4.78, 5) is 22.3. The molecule has 0 saturated carbocycles. The summed E-state index contributed by atoms with van der Waals surface area (Å²) in [5.41, 5.74) is 0.813. The van der Waals surface area contributed by atoms with E-state index in [1.54, 1.807) is 6.07 Å². The molecule has 0 fully saturated rings. The number of carbonyl (C=O) groups excluding carboxylic acids is 1. The van der Waals surface area contributed by atoms with Crippen molar-refractivity contribution in [3.63, 3.8) is 0 Å². The van der Waals surface area contributed by atoms with Gasteiger partial charge in [0.2, 0.25) is 5.91 Å². The Morgan fingerprint density at radius 3 is 2.59 bits per heavy atom. The molecule has 1 atom stereocenters. The first-order valence-corrected chi connectivity index (χ1v) is 6.33. The van der Waals surface area contributed by atoms with Crippen molar-refractivity contribution >= 4 is 40.4 Å². The number of benzene rings is 1. The number of carboxylic acids is 1. The third-order valence-electron chi connectivity index (χ3n) is 2.12. The minimum absolute atomic E-state index is 0.0665. The lowest BCUT2D eigenvalue weighted by atomic mass is 10.1. The monoisotopic (exact) mass is 317 g/mol. The van der Waals surface area contributed by atoms with E-state index >= 15 is 0 Å². The maximum Gasteiger partial charge on any atom is 0.327 e. The van der Waals surface area contributed by atoms with Gasteiger partial charge in [-0.1, -0.05) is 34.1 Å². The van der Waals surface area contributed by atoms with E-state index in [1.807, 2.05) is 18.2 Å². The van der Waals surface area contributed by atoms with Crippen molar-refractivity contribution in [2.24, 2.45) is 0 Å². The molecule has 2 N–H and O–H groups in total. The molecule has 0 bridgehead atoms. The van der Waals surface area contributed by atoms with Gasteiger partial charge in [0.05, 0.1) is 6.42 Å². The summed E-state index contributed by atoms with van der Waals surface area (Å²) in [5, 5.41) is 11.2. The lowest BCUT2D eigenvalue weighted by Crippen LogP contribution is -2.42. The molecule has 0 spiro atoms. The van der Waals surface area contributed by atoms with Gasteiger partial charge in [-0.15, -0.1) is 0 Å². The molecular weight excluding hydrogens is 306 g/mol. The molecule has 0 heterocycles. The van der Waals surface area contributed by atoms with Gasteiger partial charge in [-0.2, -0.15) is 12.6 Å². The molecule has 0 aliphatic carbocycles. The summed E-state index contributed by atoms with van der Waals surface area (Å²) < 4.78 is 0.827. The largest absolute Gasteiger partial charge is 0.480 e. The molecule has 0 radical (unpaired) electrons. The molecule has 1 aromatic carbocycles. The van der Waals surface area contributed by atoms with E-state index < -0.39 is 12.0 Å². The molecule has 92 valence electrons. The number of thiol groups is 1. The molecule has 0 aliphatic heterocycles. The Hall–Kier alpha value is -1.01. The maximum atomic E-state index is 11.6. The van der Waals surface area contributed by atoms with Crippen molar-refractivity contribution in [1.29, 1.82) is 0 Å². The normalized spacial score (nSPS) is 11.9. The highest BCUT2D eigenvalue weighted by molar-refractivity contribution is 9.10. The van der Waals surface area contributed by atoms with Crippen LogP contribution in [0.15, 0.2) is 28.7 Å². The zero-order valence-electron chi connectivity index (χ0n) is 8.89. The van der Waals surface area contributed by atoms with Gasteiger partial charge in [0.1, 0.15) is 6.04 Å². The van der Waals surface area contributed by atoms with Gasteiger partial charge < -0.3 is 10.4 Å². The average Bonchev–Trinajstić information content (AvgIpc) is 2.28. The number of hydrogen-bond acceptors (Lipinski definition) is 3. The fourth-order valence-corrected chi connectivity index (χ4v) is 1.92. The predicted octanol–water partition coefficient (Wildman–Crippen LogP) is 1.49. The first-order chi connectivity index (χ1) is 8.04. The lowest BCUT2D eigenvalue weighted by molar-refractivity contribution is -0.141. The highest BCUT2D eigenvalue weighted by atomic mass is 79.9. The highest BCUT2D eigenvalue weighted by Gasteiger charge is 2.18. The van der Waals surface area contributed by atoms with Crippen LogP contribution in [0, 0.1) is 0 Å². The van der Waals surface area contributed by atoms with Crippen LogP contribution in [0.1, 0.15) is 5.56 Å². The molecule has 0 aliphatic rings. The van der Waals surface area contributed by atoms with Crippen molar-refractivity contribution in [2.45, 2.75) is 12.5 Å². The Balaban J connectivity index is 2.61. The minimum atomic E-state index is -1.08. The zero-order chi connectivity index (χ0) is 12.8. The van der Waals surface area contributed by atoms with E-state index in [4.69, 9.17) is 5.11 Å². The molecule has 1 rings (SSSR count). The standard InChI is InChI=1S/C11H12BrNO3S/c12-8-4-2-1-3-7(8)5-10(14)13-9(6-17)11(15)16/h1-4,9,17H,5-6H2,(H,13,14)(H,15,16). The van der Waals surface area contributed by atoms with Gasteiger partial charge >= 0.3 is 5.97 Å². The lowest BCUT2D eigenvalue weighted by Gasteiger charge is -2.12. The van der Waals surface area contributed by atoms with E-state index in [1.165, 1.54) is 0 Å². The van der Waals surface area contributed by atoms with Crippen LogP contribution in [0.3, 0.4) is 0 Å². The number of carbonyl (C=O) groups is 2. The maximum absolute atomic E-state index is 11.6. The molecule has 1 amide bonds. The van der Waals surface area contributed by atoms with Gasteiger partial charge in [0, 0.05) is 10.2 Å². The van der Waals surface area contributed by atoms with Gasteiger partial charge in [-0.25, -0.2) is 4.79 Å². The van der Waals surface area contributed by atoms with Crippen LogP contribution in [-0.2, 0) is 16.0 Å². The third-order valence-corrected chi connectivity index (χ3v) is 3.26. The van der Waals surface area contributed by atoms with E-state index in [0.717, 1.165) is 10.0 Å². The van der Waals surface area contributed by atoms with Crippen molar-refractivity contribution in [1.82, 2.24) is 5.32 Å². The topological polar surface area (TPSA) is 66.4 Å². The van der Waals surface area contributed by atoms with Gasteiger partial charge in [-0.3, -0.25) is 4.79 Å². The van der Waals surface area contributed by atoms with Crippen LogP contribution < -0.4 is 5.32 Å². The summed E-state index contributed by atoms with van der Waals surface area (Å²) in [6.07, 6.45) is 0.138. The van der Waals surface area contributed by atoms with Crippen LogP contribution >= 0.6 is 28.6 Å². The zero-order valence-corrected chi connectivity index (χ0v) is 11.4. The first kappa shape index (κ1) is 14.1. The van der Waals surface area contributed by atoms with Gasteiger partial charge in [-0.05, 0) is 11.6 Å². The Morgan fingerprint density at radius 1 is 1.41 bits per heavy atom. The highest BCUT2D eigenvalue weighted by Crippen LogP contribution is 2.16. The van der Waals surface area contributed by atoms with Crippen molar-refractivity contribution in [3.8, 4) is 0 Å². The number of halogens is 1. The molecule has 4 nitrogen and oxygen atoms in total. The Labute approximate surface area is 113 Å². The number of carboxylic acid groups (broad SMARTS) is 1. The minimum Gasteiger partial charge on any atom is -0.480 e. The molecule has 0 saturated heterocycles. The van der Waals surface area contributed by atoms with Crippen LogP contribution in [-0.4, -0.2) is 28.8 Å². The number of nitrogens with one attached hydrogen (secondary N) is 1. The second-order valence-electron chi connectivity index (χ2n) is 3.41. The molecular formula is C11H12BrNO3S. The Morgan fingerprint density at radius 2 is 2.06 bits per heavy atom. The van der Waals surface area contributed by atoms with Crippen LogP contribution in [0.25, 0.3) is 0 Å². The van der Waals surface area contributed by atoms with E-state index in [2.05, 4.69) is 33.9 Å². The third kappa shape index (κ3) is 4.40. The summed E-state index contributed by atoms with van der Waals surface area (Å²) in [5.74, 6) is -1.35. The summed E-state index contributed by atoms with van der Waals surface area (Å²) in [7, 11) is 0. The first-order valence-electron chi connectivity index (χ1n) is 4.91. The average molecular weight is 318 g/mol. The fraction of sp³-hybridized carbons (Fsp3) is 0.273. The SMILES string of the molecule is O=C(Cc1ccccc1Br)NC(CS)C(=O)O. The second-order valence-corrected chi connectivity index (χ2v) is 4.63. The van der Waals surface area contributed by atoms with Gasteiger partial charge in [0.15, 0.2) is 0 Å². The van der Waals surface area contributed by atoms with Crippen molar-refractivity contribution < 1.29 is 14.7 Å². The Kier molecular flexibility index (Phi) is 5.50. The number of hydrogen-bond donors (Lipinski definition) is 3. The van der Waals surface area contributed by atoms with Crippen molar-refractivity contribution in [3.05, 3.63) is 34.3 Å². The predicted molar refractivity (Wildman–Crippen MR) is 71.3 cm³/mol. The fourth-order valence-electron chi connectivity index (χ4n) is 1.25. The summed E-state index contributed by atoms with van der Waals surface area (Å²) in [6, 6.07) is 6.35. The second kappa shape index (κ2) is 6.66. The quantitative estimate of drug-likeness (QED) is 0.721. The van der Waals surface area contributed by atoms with E-state index in [-0.39, 0.29) is 18.1 Å². The number of amides is 1.